The second kappa shape index (κ2) is 7.28. The van der Waals surface area contributed by atoms with Crippen molar-refractivity contribution in [2.45, 2.75) is 49.6 Å². The van der Waals surface area contributed by atoms with Crippen molar-refractivity contribution < 1.29 is 4.79 Å². The lowest BCUT2D eigenvalue weighted by atomic mass is 10.2. The maximum Gasteiger partial charge on any atom is 0.233 e. The van der Waals surface area contributed by atoms with Gasteiger partial charge >= 0.3 is 0 Å². The van der Waals surface area contributed by atoms with Crippen LogP contribution in [0, 0.1) is 6.92 Å². The number of aromatic nitrogens is 3. The number of nitrogens with zero attached hydrogens (tertiary/aromatic N) is 3. The van der Waals surface area contributed by atoms with Gasteiger partial charge in [-0.15, -0.1) is 21.5 Å². The Morgan fingerprint density at radius 1 is 1.45 bits per heavy atom. The highest BCUT2D eigenvalue weighted by atomic mass is 32.2. The Morgan fingerprint density at radius 3 is 3.18 bits per heavy atom. The van der Waals surface area contributed by atoms with Crippen LogP contribution in [0.1, 0.15) is 30.0 Å². The highest BCUT2D eigenvalue weighted by Gasteiger charge is 2.24. The van der Waals surface area contributed by atoms with Gasteiger partial charge in [0.05, 0.1) is 5.25 Å². The average molecular weight is 336 g/mol. The first-order valence-electron chi connectivity index (χ1n) is 7.60. The highest BCUT2D eigenvalue weighted by molar-refractivity contribution is 8.00. The molecule has 1 aliphatic heterocycles. The molecule has 1 fully saturated rings. The summed E-state index contributed by atoms with van der Waals surface area (Å²) in [6.07, 6.45) is 4.03. The van der Waals surface area contributed by atoms with Crippen LogP contribution in [0.15, 0.2) is 22.7 Å². The predicted molar refractivity (Wildman–Crippen MR) is 89.3 cm³/mol. The first-order valence-corrected chi connectivity index (χ1v) is 9.36. The fourth-order valence-electron chi connectivity index (χ4n) is 2.53. The SMILES string of the molecule is Cc1nnc(SC2CCCCNC2=O)n1CCc1cccs1. The molecule has 0 bridgehead atoms. The topological polar surface area (TPSA) is 59.8 Å². The van der Waals surface area contributed by atoms with Crippen molar-refractivity contribution in [2.75, 3.05) is 6.54 Å². The molecular weight excluding hydrogens is 316 g/mol. The zero-order chi connectivity index (χ0) is 15.4. The molecule has 118 valence electrons. The molecule has 0 saturated carbocycles. The normalized spacial score (nSPS) is 19.0. The number of hydrogen-bond donors (Lipinski definition) is 1. The molecule has 2 aromatic heterocycles. The molecule has 0 spiro atoms. The molecule has 5 nitrogen and oxygen atoms in total. The highest BCUT2D eigenvalue weighted by Crippen LogP contribution is 2.27. The molecule has 1 N–H and O–H groups in total. The first kappa shape index (κ1) is 15.6. The summed E-state index contributed by atoms with van der Waals surface area (Å²) in [6.45, 7) is 3.62. The Labute approximate surface area is 138 Å². The first-order chi connectivity index (χ1) is 10.7. The van der Waals surface area contributed by atoms with Crippen LogP contribution in [0.4, 0.5) is 0 Å². The fourth-order valence-corrected chi connectivity index (χ4v) is 4.40. The van der Waals surface area contributed by atoms with Gasteiger partial charge < -0.3 is 9.88 Å². The molecule has 3 heterocycles. The number of hydrogen-bond acceptors (Lipinski definition) is 5. The molecule has 1 atom stereocenters. The summed E-state index contributed by atoms with van der Waals surface area (Å²) < 4.78 is 2.13. The van der Waals surface area contributed by atoms with E-state index in [0.29, 0.717) is 0 Å². The second-order valence-electron chi connectivity index (χ2n) is 5.40. The summed E-state index contributed by atoms with van der Waals surface area (Å²) in [5.74, 6) is 1.04. The van der Waals surface area contributed by atoms with Crippen LogP contribution in [-0.2, 0) is 17.8 Å². The van der Waals surface area contributed by atoms with Gasteiger partial charge in [0, 0.05) is 18.0 Å². The van der Waals surface area contributed by atoms with Gasteiger partial charge in [-0.3, -0.25) is 4.79 Å². The summed E-state index contributed by atoms with van der Waals surface area (Å²) in [5, 5.41) is 14.4. The van der Waals surface area contributed by atoms with E-state index in [1.807, 2.05) is 6.92 Å². The number of thiophene rings is 1. The third-order valence-corrected chi connectivity index (χ3v) is 5.98. The van der Waals surface area contributed by atoms with Crippen LogP contribution in [0.2, 0.25) is 0 Å². The van der Waals surface area contributed by atoms with Crippen molar-refractivity contribution in [3.63, 3.8) is 0 Å². The van der Waals surface area contributed by atoms with E-state index in [0.717, 1.165) is 49.8 Å². The molecule has 1 amide bonds. The largest absolute Gasteiger partial charge is 0.355 e. The Balaban J connectivity index is 1.69. The van der Waals surface area contributed by atoms with Crippen LogP contribution in [0.25, 0.3) is 0 Å². The smallest absolute Gasteiger partial charge is 0.233 e. The van der Waals surface area contributed by atoms with Gasteiger partial charge in [-0.05, 0) is 37.6 Å². The lowest BCUT2D eigenvalue weighted by Crippen LogP contribution is -2.30. The molecule has 1 saturated heterocycles. The van der Waals surface area contributed by atoms with Crippen LogP contribution in [0.3, 0.4) is 0 Å². The maximum atomic E-state index is 12.1. The van der Waals surface area contributed by atoms with Gasteiger partial charge in [-0.25, -0.2) is 0 Å². The van der Waals surface area contributed by atoms with Gasteiger partial charge in [-0.2, -0.15) is 0 Å². The summed E-state index contributed by atoms with van der Waals surface area (Å²) in [5.41, 5.74) is 0. The number of aryl methyl sites for hydroxylation is 2. The van der Waals surface area contributed by atoms with Crippen molar-refractivity contribution in [3.8, 4) is 0 Å². The summed E-state index contributed by atoms with van der Waals surface area (Å²) in [4.78, 5) is 13.5. The van der Waals surface area contributed by atoms with E-state index in [2.05, 4.69) is 37.6 Å². The third kappa shape index (κ3) is 3.70. The number of carbonyl (C=O) groups excluding carboxylic acids is 1. The van der Waals surface area contributed by atoms with Crippen molar-refractivity contribution in [1.29, 1.82) is 0 Å². The molecule has 1 aliphatic rings. The lowest BCUT2D eigenvalue weighted by Gasteiger charge is -2.13. The van der Waals surface area contributed by atoms with Crippen LogP contribution < -0.4 is 5.32 Å². The molecule has 0 aliphatic carbocycles. The van der Waals surface area contributed by atoms with Gasteiger partial charge in [0.15, 0.2) is 5.16 Å². The number of rotatable bonds is 5. The number of amides is 1. The molecule has 2 aromatic rings. The fraction of sp³-hybridized carbons (Fsp3) is 0.533. The number of carbonyl (C=O) groups is 1. The van der Waals surface area contributed by atoms with Crippen molar-refractivity contribution >= 4 is 29.0 Å². The Kier molecular flexibility index (Phi) is 5.15. The summed E-state index contributed by atoms with van der Waals surface area (Å²) >= 11 is 3.32. The van der Waals surface area contributed by atoms with Crippen LogP contribution >= 0.6 is 23.1 Å². The lowest BCUT2D eigenvalue weighted by molar-refractivity contribution is -0.120. The van der Waals surface area contributed by atoms with Crippen molar-refractivity contribution in [3.05, 3.63) is 28.2 Å². The van der Waals surface area contributed by atoms with E-state index in [9.17, 15) is 4.79 Å². The standard InChI is InChI=1S/C15H20N4OS2/c1-11-17-18-15(19(11)9-7-12-5-4-10-21-12)22-13-6-2-3-8-16-14(13)20/h4-5,10,13H,2-3,6-9H2,1H3,(H,16,20). The van der Waals surface area contributed by atoms with Gasteiger partial charge in [0.2, 0.25) is 5.91 Å². The summed E-state index contributed by atoms with van der Waals surface area (Å²) in [7, 11) is 0. The Hall–Kier alpha value is -1.34. The van der Waals surface area contributed by atoms with E-state index in [1.165, 1.54) is 4.88 Å². The van der Waals surface area contributed by atoms with Crippen molar-refractivity contribution in [1.82, 2.24) is 20.1 Å². The molecular formula is C15H20N4OS2. The molecule has 0 radical (unpaired) electrons. The van der Waals surface area contributed by atoms with Crippen LogP contribution in [-0.4, -0.2) is 32.5 Å². The number of thioether (sulfide) groups is 1. The number of nitrogens with one attached hydrogen (secondary N) is 1. The van der Waals surface area contributed by atoms with E-state index in [-0.39, 0.29) is 11.2 Å². The monoisotopic (exact) mass is 336 g/mol. The van der Waals surface area contributed by atoms with E-state index in [4.69, 9.17) is 0 Å². The zero-order valence-electron chi connectivity index (χ0n) is 12.6. The van der Waals surface area contributed by atoms with Crippen LogP contribution in [0.5, 0.6) is 0 Å². The van der Waals surface area contributed by atoms with Gasteiger partial charge in [-0.1, -0.05) is 24.2 Å². The minimum absolute atomic E-state index is 0.0495. The van der Waals surface area contributed by atoms with E-state index >= 15 is 0 Å². The minimum atomic E-state index is -0.0495. The van der Waals surface area contributed by atoms with Crippen molar-refractivity contribution in [2.24, 2.45) is 0 Å². The second-order valence-corrected chi connectivity index (χ2v) is 7.61. The van der Waals surface area contributed by atoms with Gasteiger partial charge in [0.1, 0.15) is 5.82 Å². The molecule has 7 heteroatoms. The molecule has 0 aromatic carbocycles. The minimum Gasteiger partial charge on any atom is -0.355 e. The quantitative estimate of drug-likeness (QED) is 0.912. The summed E-state index contributed by atoms with van der Waals surface area (Å²) in [6, 6.07) is 4.22. The van der Waals surface area contributed by atoms with E-state index < -0.39 is 0 Å². The Morgan fingerprint density at radius 2 is 2.36 bits per heavy atom. The van der Waals surface area contributed by atoms with E-state index in [1.54, 1.807) is 23.1 Å². The Bertz CT molecular complexity index is 624. The molecule has 3 rings (SSSR count). The van der Waals surface area contributed by atoms with Gasteiger partial charge in [0.25, 0.3) is 0 Å². The molecule has 22 heavy (non-hydrogen) atoms. The molecule has 1 unspecified atom stereocenters. The maximum absolute atomic E-state index is 12.1. The predicted octanol–water partition coefficient (Wildman–Crippen LogP) is 2.65. The zero-order valence-corrected chi connectivity index (χ0v) is 14.3. The average Bonchev–Trinajstić information content (AvgIpc) is 3.08. The third-order valence-electron chi connectivity index (χ3n) is 3.80.